The second-order valence-electron chi connectivity index (χ2n) is 11.5. The summed E-state index contributed by atoms with van der Waals surface area (Å²) in [5, 5.41) is 10.3. The number of aliphatic hydroxyl groups excluding tert-OH is 1. The van der Waals surface area contributed by atoms with Crippen molar-refractivity contribution in [2.45, 2.75) is 141 Å². The van der Waals surface area contributed by atoms with E-state index in [0.717, 1.165) is 30.6 Å². The molecular formula is C31H53NO7. The Morgan fingerprint density at radius 2 is 1.67 bits per heavy atom. The van der Waals surface area contributed by atoms with Crippen LogP contribution >= 0.6 is 0 Å². The number of hydrogen-bond donors (Lipinski definition) is 2. The molecule has 6 atom stereocenters. The van der Waals surface area contributed by atoms with E-state index in [2.05, 4.69) is 6.92 Å². The second kappa shape index (κ2) is 16.9. The van der Waals surface area contributed by atoms with Crippen LogP contribution in [0.1, 0.15) is 97.0 Å². The molecule has 0 bridgehead atoms. The van der Waals surface area contributed by atoms with E-state index in [1.54, 1.807) is 7.11 Å². The van der Waals surface area contributed by atoms with E-state index < -0.39 is 36.4 Å². The highest BCUT2D eigenvalue weighted by molar-refractivity contribution is 5.26. The quantitative estimate of drug-likeness (QED) is 0.232. The van der Waals surface area contributed by atoms with Crippen molar-refractivity contribution >= 4 is 0 Å². The molecule has 0 amide bonds. The summed E-state index contributed by atoms with van der Waals surface area (Å²) in [6.45, 7) is 7.32. The summed E-state index contributed by atoms with van der Waals surface area (Å²) < 4.78 is 35.4. The van der Waals surface area contributed by atoms with E-state index in [1.165, 1.54) is 51.4 Å². The van der Waals surface area contributed by atoms with Crippen molar-refractivity contribution in [1.29, 1.82) is 0 Å². The van der Waals surface area contributed by atoms with Crippen molar-refractivity contribution < 1.29 is 33.5 Å². The molecule has 1 aromatic carbocycles. The molecule has 2 saturated heterocycles. The van der Waals surface area contributed by atoms with Gasteiger partial charge in [-0.1, -0.05) is 76.8 Å². The van der Waals surface area contributed by atoms with Gasteiger partial charge in [0.1, 0.15) is 24.1 Å². The number of benzene rings is 1. The fraction of sp³-hybridized carbons (Fsp3) is 0.806. The first-order chi connectivity index (χ1) is 18.8. The zero-order valence-corrected chi connectivity index (χ0v) is 24.6. The van der Waals surface area contributed by atoms with Crippen molar-refractivity contribution in [2.75, 3.05) is 20.3 Å². The highest BCUT2D eigenvalue weighted by Crippen LogP contribution is 2.33. The molecular weight excluding hydrogens is 498 g/mol. The summed E-state index contributed by atoms with van der Waals surface area (Å²) in [4.78, 5) is 0. The number of hydrogen-bond acceptors (Lipinski definition) is 8. The molecule has 0 radical (unpaired) electrons. The number of fused-ring (bicyclic) bond motifs is 1. The Labute approximate surface area is 235 Å². The minimum Gasteiger partial charge on any atom is -0.497 e. The summed E-state index contributed by atoms with van der Waals surface area (Å²) in [7, 11) is 1.67. The molecule has 1 aromatic rings. The van der Waals surface area contributed by atoms with Crippen molar-refractivity contribution in [3.05, 3.63) is 29.8 Å². The van der Waals surface area contributed by atoms with Crippen LogP contribution < -0.4 is 10.5 Å². The molecule has 2 fully saturated rings. The lowest BCUT2D eigenvalue weighted by Crippen LogP contribution is -2.67. The van der Waals surface area contributed by atoms with E-state index in [1.807, 2.05) is 38.1 Å². The van der Waals surface area contributed by atoms with E-state index >= 15 is 0 Å². The van der Waals surface area contributed by atoms with Gasteiger partial charge in [0.05, 0.1) is 32.5 Å². The minimum atomic E-state index is -1.12. The largest absolute Gasteiger partial charge is 0.497 e. The van der Waals surface area contributed by atoms with Gasteiger partial charge in [-0.15, -0.1) is 0 Å². The first-order valence-electron chi connectivity index (χ1n) is 15.1. The Morgan fingerprint density at radius 1 is 1.00 bits per heavy atom. The fourth-order valence-electron chi connectivity index (χ4n) is 5.33. The van der Waals surface area contributed by atoms with Crippen molar-refractivity contribution in [3.63, 3.8) is 0 Å². The maximum absolute atomic E-state index is 10.3. The van der Waals surface area contributed by atoms with Gasteiger partial charge in [-0.05, 0) is 44.4 Å². The molecule has 224 valence electrons. The first kappa shape index (κ1) is 32.3. The van der Waals surface area contributed by atoms with E-state index in [4.69, 9.17) is 34.2 Å². The standard InChI is InChI=1S/C31H53NO7/c1-5-6-7-8-9-10-11-12-13-14-25(36-21-23-15-17-24(34-4)18-16-23)19-20-35-29-27(32)30(33)38-26-22-37-31(2,3)39-28(26)29/h15-18,25-30,33H,5-14,19-22,32H2,1-4H3/t25-,26-,27-,28-,29-,30-/m1/s1. The molecule has 0 unspecified atom stereocenters. The number of nitrogens with two attached hydrogens (primary N) is 1. The van der Waals surface area contributed by atoms with Gasteiger partial charge in [0.25, 0.3) is 0 Å². The van der Waals surface area contributed by atoms with Crippen molar-refractivity contribution in [2.24, 2.45) is 5.73 Å². The van der Waals surface area contributed by atoms with Gasteiger partial charge in [0.15, 0.2) is 12.1 Å². The Bertz CT molecular complexity index is 790. The van der Waals surface area contributed by atoms with Crippen LogP contribution in [0.15, 0.2) is 24.3 Å². The first-order valence-corrected chi connectivity index (χ1v) is 15.1. The van der Waals surface area contributed by atoms with Gasteiger partial charge in [-0.2, -0.15) is 0 Å². The van der Waals surface area contributed by atoms with Crippen LogP contribution in [0.4, 0.5) is 0 Å². The third-order valence-electron chi connectivity index (χ3n) is 7.75. The molecule has 2 aliphatic rings. The second-order valence-corrected chi connectivity index (χ2v) is 11.5. The molecule has 0 saturated carbocycles. The van der Waals surface area contributed by atoms with Crippen LogP contribution in [0, 0.1) is 0 Å². The number of methoxy groups -OCH3 is 1. The number of aliphatic hydroxyl groups is 1. The van der Waals surface area contributed by atoms with Gasteiger partial charge in [0, 0.05) is 6.61 Å². The molecule has 0 spiro atoms. The molecule has 3 N–H and O–H groups in total. The van der Waals surface area contributed by atoms with Crippen LogP contribution in [0.2, 0.25) is 0 Å². The summed E-state index contributed by atoms with van der Waals surface area (Å²) in [5.41, 5.74) is 7.41. The van der Waals surface area contributed by atoms with Crippen molar-refractivity contribution in [3.8, 4) is 5.75 Å². The number of rotatable bonds is 18. The smallest absolute Gasteiger partial charge is 0.173 e. The summed E-state index contributed by atoms with van der Waals surface area (Å²) >= 11 is 0. The van der Waals surface area contributed by atoms with Crippen LogP contribution in [0.5, 0.6) is 5.75 Å². The zero-order chi connectivity index (χ0) is 28.1. The Kier molecular flexibility index (Phi) is 14.0. The predicted octanol–water partition coefficient (Wildman–Crippen LogP) is 5.47. The van der Waals surface area contributed by atoms with Gasteiger partial charge < -0.3 is 39.3 Å². The normalized spacial score (nSPS) is 27.2. The molecule has 39 heavy (non-hydrogen) atoms. The molecule has 0 aliphatic carbocycles. The highest BCUT2D eigenvalue weighted by atomic mass is 16.7. The molecule has 3 rings (SSSR count). The average molecular weight is 552 g/mol. The van der Waals surface area contributed by atoms with Gasteiger partial charge in [-0.25, -0.2) is 0 Å². The average Bonchev–Trinajstić information content (AvgIpc) is 2.92. The number of unbranched alkanes of at least 4 members (excludes halogenated alkanes) is 8. The van der Waals surface area contributed by atoms with E-state index in [-0.39, 0.29) is 6.10 Å². The molecule has 0 aromatic heterocycles. The summed E-state index contributed by atoms with van der Waals surface area (Å²) in [6.07, 6.45) is 11.0. The summed E-state index contributed by atoms with van der Waals surface area (Å²) in [5.74, 6) is 0.0824. The van der Waals surface area contributed by atoms with Crippen LogP contribution in [0.25, 0.3) is 0 Å². The molecule has 8 nitrogen and oxygen atoms in total. The van der Waals surface area contributed by atoms with Crippen LogP contribution in [-0.4, -0.2) is 68.0 Å². The van der Waals surface area contributed by atoms with Gasteiger partial charge in [0.2, 0.25) is 0 Å². The monoisotopic (exact) mass is 551 g/mol. The summed E-state index contributed by atoms with van der Waals surface area (Å²) in [6, 6.07) is 7.30. The Hall–Kier alpha value is -1.26. The van der Waals surface area contributed by atoms with E-state index in [0.29, 0.717) is 19.8 Å². The number of ether oxygens (including phenoxy) is 6. The highest BCUT2D eigenvalue weighted by Gasteiger charge is 2.50. The third kappa shape index (κ3) is 10.9. The zero-order valence-electron chi connectivity index (χ0n) is 24.6. The maximum Gasteiger partial charge on any atom is 0.173 e. The molecule has 2 heterocycles. The topological polar surface area (TPSA) is 102 Å². The third-order valence-corrected chi connectivity index (χ3v) is 7.75. The SMILES string of the molecule is CCCCCCCCCCC[C@H](CCO[C@@H]1[C@@H](N)[C@H](O)O[C@@H]2COC(C)(C)O[C@@H]12)OCc1ccc(OC)cc1. The molecule has 2 aliphatic heterocycles. The lowest BCUT2D eigenvalue weighted by molar-refractivity contribution is -0.366. The van der Waals surface area contributed by atoms with E-state index in [9.17, 15) is 5.11 Å². The fourth-order valence-corrected chi connectivity index (χ4v) is 5.33. The van der Waals surface area contributed by atoms with Crippen molar-refractivity contribution in [1.82, 2.24) is 0 Å². The lowest BCUT2D eigenvalue weighted by Gasteiger charge is -2.49. The van der Waals surface area contributed by atoms with Crippen LogP contribution in [0.3, 0.4) is 0 Å². The maximum atomic E-state index is 10.3. The van der Waals surface area contributed by atoms with Gasteiger partial charge in [-0.3, -0.25) is 0 Å². The Balaban J connectivity index is 1.49. The van der Waals surface area contributed by atoms with Gasteiger partial charge >= 0.3 is 0 Å². The predicted molar refractivity (Wildman–Crippen MR) is 152 cm³/mol. The molecule has 8 heteroatoms. The lowest BCUT2D eigenvalue weighted by atomic mass is 9.96. The minimum absolute atomic E-state index is 0.0699. The van der Waals surface area contributed by atoms with Crippen LogP contribution in [-0.2, 0) is 30.3 Å². The Morgan fingerprint density at radius 3 is 2.33 bits per heavy atom.